The van der Waals surface area contributed by atoms with Crippen molar-refractivity contribution in [1.82, 2.24) is 4.31 Å². The quantitative estimate of drug-likeness (QED) is 0.661. The summed E-state index contributed by atoms with van der Waals surface area (Å²) < 4.78 is 32.1. The summed E-state index contributed by atoms with van der Waals surface area (Å²) in [5.41, 5.74) is 2.48. The van der Waals surface area contributed by atoms with E-state index in [1.165, 1.54) is 4.31 Å². The Morgan fingerprint density at radius 3 is 2.48 bits per heavy atom. The van der Waals surface area contributed by atoms with Crippen LogP contribution < -0.4 is 5.32 Å². The number of carbonyl (C=O) groups excluding carboxylic acids is 2. The summed E-state index contributed by atoms with van der Waals surface area (Å²) >= 11 is 0. The molecule has 8 heteroatoms. The second-order valence-corrected chi connectivity index (χ2v) is 9.64. The number of ether oxygens (including phenoxy) is 1. The van der Waals surface area contributed by atoms with Crippen molar-refractivity contribution in [1.29, 1.82) is 0 Å². The van der Waals surface area contributed by atoms with Crippen LogP contribution in [0.1, 0.15) is 41.3 Å². The van der Waals surface area contributed by atoms with Crippen LogP contribution in [0.4, 0.5) is 5.69 Å². The van der Waals surface area contributed by atoms with Gasteiger partial charge in [-0.15, -0.1) is 0 Å². The summed E-state index contributed by atoms with van der Waals surface area (Å²) in [7, 11) is -3.45. The van der Waals surface area contributed by atoms with Crippen LogP contribution in [-0.4, -0.2) is 44.3 Å². The fraction of sp³-hybridized carbons (Fsp3) is 0.391. The van der Waals surface area contributed by atoms with Gasteiger partial charge in [-0.2, -0.15) is 0 Å². The molecule has 0 bridgehead atoms. The lowest BCUT2D eigenvalue weighted by molar-refractivity contribution is -0.120. The number of hydrogen-bond donors (Lipinski definition) is 1. The Hall–Kier alpha value is -2.71. The third kappa shape index (κ3) is 5.92. The lowest BCUT2D eigenvalue weighted by Gasteiger charge is -2.30. The molecule has 0 aromatic heterocycles. The minimum absolute atomic E-state index is 0.0432. The zero-order chi connectivity index (χ0) is 22.4. The zero-order valence-electron chi connectivity index (χ0n) is 17.8. The molecular formula is C23H28N2O5S. The van der Waals surface area contributed by atoms with Crippen molar-refractivity contribution in [3.63, 3.8) is 0 Å². The van der Waals surface area contributed by atoms with Gasteiger partial charge in [-0.05, 0) is 44.4 Å². The number of carbonyl (C=O) groups is 2. The molecule has 1 saturated heterocycles. The van der Waals surface area contributed by atoms with E-state index in [1.54, 1.807) is 31.2 Å². The molecule has 0 atom stereocenters. The van der Waals surface area contributed by atoms with Gasteiger partial charge in [-0.3, -0.25) is 4.79 Å². The van der Waals surface area contributed by atoms with E-state index < -0.39 is 16.0 Å². The Balaban J connectivity index is 1.60. The topological polar surface area (TPSA) is 92.8 Å². The van der Waals surface area contributed by atoms with Crippen LogP contribution in [0.2, 0.25) is 0 Å². The first-order chi connectivity index (χ1) is 14.8. The van der Waals surface area contributed by atoms with E-state index in [9.17, 15) is 18.0 Å². The molecule has 166 valence electrons. The molecule has 1 amide bonds. The van der Waals surface area contributed by atoms with Gasteiger partial charge < -0.3 is 10.1 Å². The molecule has 31 heavy (non-hydrogen) atoms. The smallest absolute Gasteiger partial charge is 0.340 e. The fourth-order valence-corrected chi connectivity index (χ4v) is 5.26. The highest BCUT2D eigenvalue weighted by atomic mass is 32.2. The lowest BCUT2D eigenvalue weighted by atomic mass is 9.97. The number of nitrogens with zero attached hydrogens (tertiary/aromatic N) is 1. The third-order valence-corrected chi connectivity index (χ3v) is 7.18. The largest absolute Gasteiger partial charge is 0.462 e. The van der Waals surface area contributed by atoms with Crippen molar-refractivity contribution in [3.05, 3.63) is 65.2 Å². The normalized spacial score (nSPS) is 15.4. The monoisotopic (exact) mass is 444 g/mol. The Morgan fingerprint density at radius 2 is 1.81 bits per heavy atom. The summed E-state index contributed by atoms with van der Waals surface area (Å²) in [6.45, 7) is 4.49. The van der Waals surface area contributed by atoms with Crippen LogP contribution in [0.15, 0.2) is 48.5 Å². The van der Waals surface area contributed by atoms with Crippen molar-refractivity contribution < 1.29 is 22.7 Å². The molecule has 1 aliphatic rings. The van der Waals surface area contributed by atoms with Gasteiger partial charge in [-0.25, -0.2) is 17.5 Å². The maximum atomic E-state index is 12.8. The number of hydrogen-bond acceptors (Lipinski definition) is 5. The second kappa shape index (κ2) is 10.1. The fourth-order valence-electron chi connectivity index (χ4n) is 3.71. The standard InChI is InChI=1S/C23H28N2O5S/c1-3-30-23(27)20-9-4-5-10-21(20)24-22(26)19-11-13-25(14-12-19)31(28,29)16-18-8-6-7-17(2)15-18/h4-10,15,19H,3,11-14,16H2,1-2H3,(H,24,26). The first-order valence-corrected chi connectivity index (χ1v) is 12.0. The van der Waals surface area contributed by atoms with Crippen LogP contribution in [0.3, 0.4) is 0 Å². The Labute approximate surface area is 183 Å². The molecule has 0 saturated carbocycles. The zero-order valence-corrected chi connectivity index (χ0v) is 18.7. The van der Waals surface area contributed by atoms with Gasteiger partial charge in [0, 0.05) is 19.0 Å². The van der Waals surface area contributed by atoms with Gasteiger partial charge in [0.2, 0.25) is 15.9 Å². The minimum Gasteiger partial charge on any atom is -0.462 e. The minimum atomic E-state index is -3.45. The van der Waals surface area contributed by atoms with Crippen molar-refractivity contribution in [2.75, 3.05) is 25.0 Å². The average Bonchev–Trinajstić information content (AvgIpc) is 2.74. The predicted octanol–water partition coefficient (Wildman–Crippen LogP) is 3.35. The Bertz CT molecular complexity index is 1040. The van der Waals surface area contributed by atoms with Crippen LogP contribution in [-0.2, 0) is 25.3 Å². The first kappa shape index (κ1) is 23.0. The van der Waals surface area contributed by atoms with Gasteiger partial charge in [0.05, 0.1) is 23.6 Å². The summed E-state index contributed by atoms with van der Waals surface area (Å²) in [4.78, 5) is 24.9. The molecule has 1 heterocycles. The SMILES string of the molecule is CCOC(=O)c1ccccc1NC(=O)C1CCN(S(=O)(=O)Cc2cccc(C)c2)CC1. The van der Waals surface area contributed by atoms with Crippen LogP contribution in [0.25, 0.3) is 0 Å². The maximum absolute atomic E-state index is 12.8. The molecule has 1 aliphatic heterocycles. The molecule has 1 N–H and O–H groups in total. The van der Waals surface area contributed by atoms with E-state index in [0.717, 1.165) is 11.1 Å². The Morgan fingerprint density at radius 1 is 1.10 bits per heavy atom. The van der Waals surface area contributed by atoms with E-state index in [2.05, 4.69) is 5.32 Å². The first-order valence-electron chi connectivity index (χ1n) is 10.4. The predicted molar refractivity (Wildman–Crippen MR) is 119 cm³/mol. The number of benzene rings is 2. The lowest BCUT2D eigenvalue weighted by Crippen LogP contribution is -2.42. The summed E-state index contributed by atoms with van der Waals surface area (Å²) in [5.74, 6) is -1.07. The molecule has 2 aromatic rings. The number of aryl methyl sites for hydroxylation is 1. The summed E-state index contributed by atoms with van der Waals surface area (Å²) in [5, 5.41) is 2.81. The van der Waals surface area contributed by atoms with E-state index in [0.29, 0.717) is 37.2 Å². The molecule has 0 aliphatic carbocycles. The molecule has 1 fully saturated rings. The number of esters is 1. The summed E-state index contributed by atoms with van der Waals surface area (Å²) in [6.07, 6.45) is 0.862. The molecule has 3 rings (SSSR count). The molecule has 7 nitrogen and oxygen atoms in total. The van der Waals surface area contributed by atoms with Gasteiger partial charge in [-0.1, -0.05) is 42.0 Å². The van der Waals surface area contributed by atoms with Gasteiger partial charge in [0.1, 0.15) is 0 Å². The highest BCUT2D eigenvalue weighted by Crippen LogP contribution is 2.24. The highest BCUT2D eigenvalue weighted by molar-refractivity contribution is 7.88. The number of sulfonamides is 1. The second-order valence-electron chi connectivity index (χ2n) is 7.67. The maximum Gasteiger partial charge on any atom is 0.340 e. The van der Waals surface area contributed by atoms with E-state index in [1.807, 2.05) is 31.2 Å². The highest BCUT2D eigenvalue weighted by Gasteiger charge is 2.31. The van der Waals surface area contributed by atoms with E-state index in [4.69, 9.17) is 4.74 Å². The molecule has 0 unspecified atom stereocenters. The molecule has 0 spiro atoms. The molecule has 2 aromatic carbocycles. The summed E-state index contributed by atoms with van der Waals surface area (Å²) in [6, 6.07) is 14.2. The number of para-hydroxylation sites is 1. The molecular weight excluding hydrogens is 416 g/mol. The van der Waals surface area contributed by atoms with E-state index in [-0.39, 0.29) is 24.2 Å². The Kier molecular flexibility index (Phi) is 7.46. The van der Waals surface area contributed by atoms with Crippen molar-refractivity contribution >= 4 is 27.6 Å². The number of amides is 1. The molecule has 0 radical (unpaired) electrons. The van der Waals surface area contributed by atoms with E-state index >= 15 is 0 Å². The average molecular weight is 445 g/mol. The number of nitrogens with one attached hydrogen (secondary N) is 1. The van der Waals surface area contributed by atoms with Gasteiger partial charge in [0.15, 0.2) is 0 Å². The van der Waals surface area contributed by atoms with Crippen LogP contribution in [0.5, 0.6) is 0 Å². The van der Waals surface area contributed by atoms with Gasteiger partial charge >= 0.3 is 5.97 Å². The van der Waals surface area contributed by atoms with Crippen molar-refractivity contribution in [2.45, 2.75) is 32.4 Å². The number of rotatable bonds is 7. The van der Waals surface area contributed by atoms with Crippen molar-refractivity contribution in [3.8, 4) is 0 Å². The number of piperidine rings is 1. The van der Waals surface area contributed by atoms with Crippen LogP contribution in [0, 0.1) is 12.8 Å². The van der Waals surface area contributed by atoms with Crippen LogP contribution >= 0.6 is 0 Å². The number of anilines is 1. The van der Waals surface area contributed by atoms with Crippen molar-refractivity contribution in [2.24, 2.45) is 5.92 Å². The third-order valence-electron chi connectivity index (χ3n) is 5.33. The van der Waals surface area contributed by atoms with Gasteiger partial charge in [0.25, 0.3) is 0 Å².